The largest absolute Gasteiger partial charge is 0.337 e. The highest BCUT2D eigenvalue weighted by Crippen LogP contribution is 2.22. The van der Waals surface area contributed by atoms with E-state index in [9.17, 15) is 23.7 Å². The minimum atomic E-state index is -1.24. The zero-order chi connectivity index (χ0) is 15.6. The van der Waals surface area contributed by atoms with Gasteiger partial charge in [0.15, 0.2) is 0 Å². The first kappa shape index (κ1) is 15.0. The molecule has 0 fully saturated rings. The SMILES string of the molecule is CN(Cc1ccsc1)C(=O)c1cc(F)c([N+](=O)[O-])cc1F. The van der Waals surface area contributed by atoms with Crippen LogP contribution in [0.3, 0.4) is 0 Å². The highest BCUT2D eigenvalue weighted by molar-refractivity contribution is 7.07. The molecule has 0 spiro atoms. The fourth-order valence-electron chi connectivity index (χ4n) is 1.77. The Morgan fingerprint density at radius 2 is 2.10 bits per heavy atom. The van der Waals surface area contributed by atoms with E-state index in [0.29, 0.717) is 12.1 Å². The van der Waals surface area contributed by atoms with Gasteiger partial charge in [-0.15, -0.1) is 0 Å². The number of amides is 1. The number of nitro groups is 1. The van der Waals surface area contributed by atoms with E-state index in [1.165, 1.54) is 23.3 Å². The van der Waals surface area contributed by atoms with Crippen LogP contribution < -0.4 is 0 Å². The average molecular weight is 312 g/mol. The maximum atomic E-state index is 13.8. The molecule has 1 aromatic heterocycles. The lowest BCUT2D eigenvalue weighted by Crippen LogP contribution is -2.27. The lowest BCUT2D eigenvalue weighted by atomic mass is 10.1. The number of carbonyl (C=O) groups is 1. The van der Waals surface area contributed by atoms with Crippen LogP contribution in [0, 0.1) is 21.7 Å². The van der Waals surface area contributed by atoms with Crippen molar-refractivity contribution in [2.24, 2.45) is 0 Å². The predicted molar refractivity (Wildman–Crippen MR) is 73.1 cm³/mol. The van der Waals surface area contributed by atoms with Crippen molar-refractivity contribution < 1.29 is 18.5 Å². The van der Waals surface area contributed by atoms with Gasteiger partial charge in [-0.1, -0.05) is 0 Å². The van der Waals surface area contributed by atoms with Gasteiger partial charge < -0.3 is 4.90 Å². The van der Waals surface area contributed by atoms with Gasteiger partial charge in [-0.2, -0.15) is 15.7 Å². The molecule has 2 aromatic rings. The lowest BCUT2D eigenvalue weighted by molar-refractivity contribution is -0.387. The number of thiophene rings is 1. The Labute approximate surface area is 122 Å². The molecule has 0 aliphatic rings. The Hall–Kier alpha value is -2.35. The van der Waals surface area contributed by atoms with Crippen LogP contribution in [0.4, 0.5) is 14.5 Å². The molecule has 0 radical (unpaired) electrons. The highest BCUT2D eigenvalue weighted by Gasteiger charge is 2.23. The number of benzene rings is 1. The van der Waals surface area contributed by atoms with Crippen molar-refractivity contribution in [1.29, 1.82) is 0 Å². The first-order chi connectivity index (χ1) is 9.90. The van der Waals surface area contributed by atoms with E-state index in [4.69, 9.17) is 0 Å². The van der Waals surface area contributed by atoms with Gasteiger partial charge in [0.25, 0.3) is 5.91 Å². The van der Waals surface area contributed by atoms with Gasteiger partial charge in [0, 0.05) is 13.6 Å². The van der Waals surface area contributed by atoms with Crippen molar-refractivity contribution in [3.8, 4) is 0 Å². The predicted octanol–water partition coefficient (Wildman–Crippen LogP) is 3.21. The third-order valence-corrected chi connectivity index (χ3v) is 3.54. The van der Waals surface area contributed by atoms with Gasteiger partial charge in [0.2, 0.25) is 5.82 Å². The van der Waals surface area contributed by atoms with Crippen molar-refractivity contribution >= 4 is 22.9 Å². The highest BCUT2D eigenvalue weighted by atomic mass is 32.1. The molecule has 0 unspecified atom stereocenters. The summed E-state index contributed by atoms with van der Waals surface area (Å²) in [5.74, 6) is -3.11. The summed E-state index contributed by atoms with van der Waals surface area (Å²) >= 11 is 1.45. The second-order valence-electron chi connectivity index (χ2n) is 4.33. The fraction of sp³-hybridized carbons (Fsp3) is 0.154. The molecule has 0 N–H and O–H groups in total. The van der Waals surface area contributed by atoms with Gasteiger partial charge in [0.1, 0.15) is 5.82 Å². The second-order valence-corrected chi connectivity index (χ2v) is 5.11. The van der Waals surface area contributed by atoms with Crippen molar-refractivity contribution in [3.63, 3.8) is 0 Å². The first-order valence-corrected chi connectivity index (χ1v) is 6.74. The summed E-state index contributed by atoms with van der Waals surface area (Å²) in [7, 11) is 1.44. The molecule has 21 heavy (non-hydrogen) atoms. The number of rotatable bonds is 4. The molecule has 1 amide bonds. The molecular formula is C13H10F2N2O3S. The summed E-state index contributed by atoms with van der Waals surface area (Å²) in [5.41, 5.74) is -0.668. The van der Waals surface area contributed by atoms with Crippen molar-refractivity contribution in [1.82, 2.24) is 4.90 Å². The van der Waals surface area contributed by atoms with Gasteiger partial charge in [-0.25, -0.2) is 4.39 Å². The van der Waals surface area contributed by atoms with E-state index in [1.54, 1.807) is 6.07 Å². The Morgan fingerprint density at radius 1 is 1.38 bits per heavy atom. The molecule has 1 aromatic carbocycles. The van der Waals surface area contributed by atoms with E-state index in [1.807, 2.05) is 10.8 Å². The maximum absolute atomic E-state index is 13.8. The molecule has 0 atom stereocenters. The minimum absolute atomic E-state index is 0.236. The Morgan fingerprint density at radius 3 is 2.67 bits per heavy atom. The maximum Gasteiger partial charge on any atom is 0.307 e. The number of carbonyl (C=O) groups excluding carboxylic acids is 1. The zero-order valence-corrected chi connectivity index (χ0v) is 11.7. The van der Waals surface area contributed by atoms with Crippen LogP contribution in [0.2, 0.25) is 0 Å². The van der Waals surface area contributed by atoms with Crippen LogP contribution in [0.5, 0.6) is 0 Å². The van der Waals surface area contributed by atoms with E-state index in [0.717, 1.165) is 5.56 Å². The molecule has 8 heteroatoms. The lowest BCUT2D eigenvalue weighted by Gasteiger charge is -2.16. The molecule has 110 valence electrons. The summed E-state index contributed by atoms with van der Waals surface area (Å²) in [5, 5.41) is 14.2. The molecule has 2 rings (SSSR count). The number of hydrogen-bond donors (Lipinski definition) is 0. The van der Waals surface area contributed by atoms with Crippen LogP contribution in [-0.4, -0.2) is 22.8 Å². The van der Waals surface area contributed by atoms with E-state index in [2.05, 4.69) is 0 Å². The van der Waals surface area contributed by atoms with Gasteiger partial charge in [0.05, 0.1) is 16.6 Å². The molecule has 0 aliphatic heterocycles. The molecule has 0 aliphatic carbocycles. The van der Waals surface area contributed by atoms with E-state index < -0.39 is 33.7 Å². The summed E-state index contributed by atoms with van der Waals surface area (Å²) < 4.78 is 27.3. The van der Waals surface area contributed by atoms with Crippen LogP contribution in [0.15, 0.2) is 29.0 Å². The van der Waals surface area contributed by atoms with Gasteiger partial charge >= 0.3 is 5.69 Å². The molecule has 5 nitrogen and oxygen atoms in total. The van der Waals surface area contributed by atoms with Crippen LogP contribution >= 0.6 is 11.3 Å². The Bertz CT molecular complexity index is 689. The third-order valence-electron chi connectivity index (χ3n) is 2.81. The number of nitro benzene ring substituents is 1. The van der Waals surface area contributed by atoms with Crippen molar-refractivity contribution in [3.05, 3.63) is 61.8 Å². The smallest absolute Gasteiger partial charge is 0.307 e. The molecule has 0 saturated carbocycles. The van der Waals surface area contributed by atoms with Crippen molar-refractivity contribution in [2.75, 3.05) is 7.05 Å². The number of hydrogen-bond acceptors (Lipinski definition) is 4. The average Bonchev–Trinajstić information content (AvgIpc) is 2.92. The quantitative estimate of drug-likeness (QED) is 0.643. The number of halogens is 2. The summed E-state index contributed by atoms with van der Waals surface area (Å²) in [6, 6.07) is 2.78. The topological polar surface area (TPSA) is 63.5 Å². The van der Waals surface area contributed by atoms with Crippen LogP contribution in [-0.2, 0) is 6.54 Å². The molecule has 0 saturated heterocycles. The third kappa shape index (κ3) is 3.22. The monoisotopic (exact) mass is 312 g/mol. The summed E-state index contributed by atoms with van der Waals surface area (Å²) in [6.07, 6.45) is 0. The van der Waals surface area contributed by atoms with Crippen molar-refractivity contribution in [2.45, 2.75) is 6.54 Å². The van der Waals surface area contributed by atoms with Crippen LogP contribution in [0.25, 0.3) is 0 Å². The zero-order valence-electron chi connectivity index (χ0n) is 10.9. The fourth-order valence-corrected chi connectivity index (χ4v) is 2.43. The first-order valence-electron chi connectivity index (χ1n) is 5.80. The van der Waals surface area contributed by atoms with Crippen LogP contribution in [0.1, 0.15) is 15.9 Å². The van der Waals surface area contributed by atoms with E-state index in [-0.39, 0.29) is 6.54 Å². The van der Waals surface area contributed by atoms with Gasteiger partial charge in [-0.3, -0.25) is 14.9 Å². The minimum Gasteiger partial charge on any atom is -0.337 e. The standard InChI is InChI=1S/C13H10F2N2O3S/c1-16(6-8-2-3-21-7-8)13(18)9-4-11(15)12(17(19)20)5-10(9)14/h2-5,7H,6H2,1H3. The number of nitrogens with zero attached hydrogens (tertiary/aromatic N) is 2. The second kappa shape index (κ2) is 5.96. The van der Waals surface area contributed by atoms with Gasteiger partial charge in [-0.05, 0) is 28.5 Å². The molecule has 0 bridgehead atoms. The molecular weight excluding hydrogens is 302 g/mol. The normalized spacial score (nSPS) is 10.4. The molecule has 1 heterocycles. The Balaban J connectivity index is 2.26. The van der Waals surface area contributed by atoms with E-state index >= 15 is 0 Å². The summed E-state index contributed by atoms with van der Waals surface area (Å²) in [6.45, 7) is 0.236. The summed E-state index contributed by atoms with van der Waals surface area (Å²) in [4.78, 5) is 22.8. The Kier molecular flexibility index (Phi) is 4.27.